The maximum atomic E-state index is 5.82. The summed E-state index contributed by atoms with van der Waals surface area (Å²) >= 11 is 1.96. The highest BCUT2D eigenvalue weighted by Gasteiger charge is 2.15. The largest absolute Gasteiger partial charge is 0.383 e. The molecule has 2 N–H and O–H groups in total. The molecule has 0 aromatic carbocycles. The minimum absolute atomic E-state index is 0.179. The van der Waals surface area contributed by atoms with Crippen LogP contribution >= 0.6 is 11.8 Å². The van der Waals surface area contributed by atoms with Crippen molar-refractivity contribution in [3.05, 3.63) is 0 Å². The van der Waals surface area contributed by atoms with Crippen molar-refractivity contribution >= 4 is 11.8 Å². The van der Waals surface area contributed by atoms with E-state index >= 15 is 0 Å². The summed E-state index contributed by atoms with van der Waals surface area (Å²) in [7, 11) is 1.69. The molecular formula is C9H19NO2S. The molecule has 0 aliphatic carbocycles. The van der Waals surface area contributed by atoms with Gasteiger partial charge in [-0.2, -0.15) is 11.8 Å². The molecule has 0 aromatic heterocycles. The first kappa shape index (κ1) is 11.3. The number of ether oxygens (including phenoxy) is 2. The Morgan fingerprint density at radius 1 is 1.54 bits per heavy atom. The lowest BCUT2D eigenvalue weighted by atomic mass is 10.2. The van der Waals surface area contributed by atoms with Gasteiger partial charge in [0, 0.05) is 37.4 Å². The van der Waals surface area contributed by atoms with Crippen molar-refractivity contribution in [2.24, 2.45) is 5.73 Å². The molecule has 1 fully saturated rings. The van der Waals surface area contributed by atoms with E-state index in [9.17, 15) is 0 Å². The van der Waals surface area contributed by atoms with Crippen molar-refractivity contribution in [1.29, 1.82) is 0 Å². The molecule has 1 aliphatic heterocycles. The summed E-state index contributed by atoms with van der Waals surface area (Å²) in [6.45, 7) is 2.49. The number of nitrogens with two attached hydrogens (primary N) is 1. The van der Waals surface area contributed by atoms with Gasteiger partial charge in [0.15, 0.2) is 0 Å². The molecule has 1 heterocycles. The van der Waals surface area contributed by atoms with Crippen molar-refractivity contribution in [2.45, 2.75) is 24.1 Å². The fourth-order valence-corrected chi connectivity index (χ4v) is 2.51. The van der Waals surface area contributed by atoms with E-state index < -0.39 is 0 Å². The van der Waals surface area contributed by atoms with Gasteiger partial charge in [-0.25, -0.2) is 0 Å². The van der Waals surface area contributed by atoms with Gasteiger partial charge in [0.2, 0.25) is 0 Å². The Bertz CT molecular complexity index is 129. The van der Waals surface area contributed by atoms with Crippen LogP contribution in [-0.4, -0.2) is 44.0 Å². The highest BCUT2D eigenvalue weighted by atomic mass is 32.2. The molecule has 0 radical (unpaired) electrons. The van der Waals surface area contributed by atoms with E-state index in [1.807, 2.05) is 11.8 Å². The quantitative estimate of drug-likeness (QED) is 0.723. The van der Waals surface area contributed by atoms with Gasteiger partial charge in [-0.05, 0) is 12.8 Å². The monoisotopic (exact) mass is 205 g/mol. The maximum Gasteiger partial charge on any atom is 0.0621 e. The van der Waals surface area contributed by atoms with E-state index in [0.717, 1.165) is 24.2 Å². The summed E-state index contributed by atoms with van der Waals surface area (Å²) in [5.74, 6) is 0.999. The van der Waals surface area contributed by atoms with Crippen LogP contribution in [0.25, 0.3) is 0 Å². The topological polar surface area (TPSA) is 44.5 Å². The van der Waals surface area contributed by atoms with Gasteiger partial charge < -0.3 is 15.2 Å². The van der Waals surface area contributed by atoms with Crippen molar-refractivity contribution in [3.8, 4) is 0 Å². The van der Waals surface area contributed by atoms with Crippen molar-refractivity contribution < 1.29 is 9.47 Å². The van der Waals surface area contributed by atoms with Crippen LogP contribution in [0.3, 0.4) is 0 Å². The highest BCUT2D eigenvalue weighted by molar-refractivity contribution is 7.99. The summed E-state index contributed by atoms with van der Waals surface area (Å²) in [5, 5.41) is 0.747. The first-order valence-electron chi connectivity index (χ1n) is 4.76. The van der Waals surface area contributed by atoms with Gasteiger partial charge in [0.05, 0.1) is 6.61 Å². The Labute approximate surface area is 84.3 Å². The Hall–Kier alpha value is 0.230. The molecule has 0 bridgehead atoms. The van der Waals surface area contributed by atoms with E-state index in [-0.39, 0.29) is 6.04 Å². The Morgan fingerprint density at radius 3 is 2.85 bits per heavy atom. The molecule has 1 unspecified atom stereocenters. The van der Waals surface area contributed by atoms with Crippen LogP contribution in [0.5, 0.6) is 0 Å². The second-order valence-electron chi connectivity index (χ2n) is 3.36. The normalized spacial score (nSPS) is 21.7. The van der Waals surface area contributed by atoms with E-state index in [0.29, 0.717) is 6.61 Å². The average Bonchev–Trinajstić information content (AvgIpc) is 2.17. The fraction of sp³-hybridized carbons (Fsp3) is 1.00. The zero-order valence-corrected chi connectivity index (χ0v) is 9.02. The van der Waals surface area contributed by atoms with Gasteiger partial charge in [-0.1, -0.05) is 0 Å². The molecule has 1 aliphatic rings. The molecule has 4 heteroatoms. The third kappa shape index (κ3) is 4.86. The van der Waals surface area contributed by atoms with Gasteiger partial charge in [-0.3, -0.25) is 0 Å². The molecule has 78 valence electrons. The zero-order chi connectivity index (χ0) is 9.52. The number of hydrogen-bond acceptors (Lipinski definition) is 4. The molecule has 3 nitrogen and oxygen atoms in total. The third-order valence-corrected chi connectivity index (χ3v) is 3.66. The van der Waals surface area contributed by atoms with Crippen LogP contribution in [0.1, 0.15) is 12.8 Å². The first-order valence-corrected chi connectivity index (χ1v) is 5.81. The van der Waals surface area contributed by atoms with Crippen molar-refractivity contribution in [1.82, 2.24) is 0 Å². The van der Waals surface area contributed by atoms with Gasteiger partial charge in [-0.15, -0.1) is 0 Å². The predicted octanol–water partition coefficient (Wildman–Crippen LogP) is 0.872. The van der Waals surface area contributed by atoms with E-state index in [1.54, 1.807) is 7.11 Å². The third-order valence-electron chi connectivity index (χ3n) is 2.10. The fourth-order valence-electron chi connectivity index (χ4n) is 1.36. The summed E-state index contributed by atoms with van der Waals surface area (Å²) in [5.41, 5.74) is 5.82. The lowest BCUT2D eigenvalue weighted by molar-refractivity contribution is 0.0999. The zero-order valence-electron chi connectivity index (χ0n) is 8.20. The Kier molecular flexibility index (Phi) is 5.78. The molecule has 0 amide bonds. The number of methoxy groups -OCH3 is 1. The minimum atomic E-state index is 0.179. The van der Waals surface area contributed by atoms with E-state index in [4.69, 9.17) is 15.2 Å². The van der Waals surface area contributed by atoms with E-state index in [2.05, 4.69) is 0 Å². The summed E-state index contributed by atoms with van der Waals surface area (Å²) in [6.07, 6.45) is 2.34. The molecule has 0 saturated carbocycles. The average molecular weight is 205 g/mol. The standard InChI is InChI=1S/C9H19NO2S/c1-11-6-8(10)7-13-9-2-4-12-5-3-9/h8-9H,2-7,10H2,1H3. The van der Waals surface area contributed by atoms with Crippen LogP contribution in [0.15, 0.2) is 0 Å². The van der Waals surface area contributed by atoms with Crippen molar-refractivity contribution in [3.63, 3.8) is 0 Å². The SMILES string of the molecule is COCC(N)CSC1CCOCC1. The Morgan fingerprint density at radius 2 is 2.23 bits per heavy atom. The van der Waals surface area contributed by atoms with Crippen LogP contribution in [0.2, 0.25) is 0 Å². The van der Waals surface area contributed by atoms with Crippen LogP contribution in [-0.2, 0) is 9.47 Å². The summed E-state index contributed by atoms with van der Waals surface area (Å²) in [4.78, 5) is 0. The number of hydrogen-bond donors (Lipinski definition) is 1. The van der Waals surface area contributed by atoms with E-state index in [1.165, 1.54) is 12.8 Å². The molecule has 0 aromatic rings. The molecule has 1 rings (SSSR count). The minimum Gasteiger partial charge on any atom is -0.383 e. The summed E-state index contributed by atoms with van der Waals surface area (Å²) in [6, 6.07) is 0.179. The van der Waals surface area contributed by atoms with Crippen LogP contribution in [0.4, 0.5) is 0 Å². The molecule has 13 heavy (non-hydrogen) atoms. The second kappa shape index (κ2) is 6.65. The van der Waals surface area contributed by atoms with Gasteiger partial charge >= 0.3 is 0 Å². The maximum absolute atomic E-state index is 5.82. The first-order chi connectivity index (χ1) is 6.33. The van der Waals surface area contributed by atoms with Gasteiger partial charge in [0.25, 0.3) is 0 Å². The smallest absolute Gasteiger partial charge is 0.0621 e. The van der Waals surface area contributed by atoms with Crippen LogP contribution in [0, 0.1) is 0 Å². The second-order valence-corrected chi connectivity index (χ2v) is 4.69. The number of rotatable bonds is 5. The lowest BCUT2D eigenvalue weighted by Gasteiger charge is -2.22. The lowest BCUT2D eigenvalue weighted by Crippen LogP contribution is -2.30. The molecule has 1 atom stereocenters. The molecule has 0 spiro atoms. The van der Waals surface area contributed by atoms with Crippen molar-refractivity contribution in [2.75, 3.05) is 32.7 Å². The van der Waals surface area contributed by atoms with Gasteiger partial charge in [0.1, 0.15) is 0 Å². The molecule has 1 saturated heterocycles. The summed E-state index contributed by atoms with van der Waals surface area (Å²) < 4.78 is 10.3. The molecular weight excluding hydrogens is 186 g/mol. The predicted molar refractivity (Wildman–Crippen MR) is 56.2 cm³/mol. The number of thioether (sulfide) groups is 1. The Balaban J connectivity index is 2.03. The van der Waals surface area contributed by atoms with Crippen LogP contribution < -0.4 is 5.73 Å². The highest BCUT2D eigenvalue weighted by Crippen LogP contribution is 2.22.